The number of rotatable bonds is 2. The quantitative estimate of drug-likeness (QED) is 0.850. The molecule has 1 atom stereocenters. The maximum Gasteiger partial charge on any atom is 0.254 e. The van der Waals surface area contributed by atoms with Gasteiger partial charge in [0.1, 0.15) is 17.0 Å². The highest BCUT2D eigenvalue weighted by atomic mass is 16.6. The molecule has 1 amide bonds. The fraction of sp³-hybridized carbons (Fsp3) is 0.421. The first kappa shape index (κ1) is 17.2. The number of carbonyl (C=O) groups excluding carboxylic acids is 1. The molecule has 6 nitrogen and oxygen atoms in total. The number of hydrogen-bond donors (Lipinski definition) is 1. The average molecular weight is 339 g/mol. The van der Waals surface area contributed by atoms with Gasteiger partial charge in [0.15, 0.2) is 0 Å². The van der Waals surface area contributed by atoms with E-state index in [1.165, 1.54) is 0 Å². The molecular weight excluding hydrogens is 318 g/mol. The molecule has 0 unspecified atom stereocenters. The second kappa shape index (κ2) is 6.69. The summed E-state index contributed by atoms with van der Waals surface area (Å²) in [5.41, 5.74) is 1.64. The summed E-state index contributed by atoms with van der Waals surface area (Å²) < 4.78 is 4.79. The van der Waals surface area contributed by atoms with Gasteiger partial charge in [-0.1, -0.05) is 28.2 Å². The summed E-state index contributed by atoms with van der Waals surface area (Å²) in [4.78, 5) is 14.8. The zero-order valence-corrected chi connectivity index (χ0v) is 14.6. The highest BCUT2D eigenvalue weighted by Crippen LogP contribution is 2.33. The Hall–Kier alpha value is -2.65. The van der Waals surface area contributed by atoms with Crippen LogP contribution in [0.5, 0.6) is 0 Å². The van der Waals surface area contributed by atoms with Crippen LogP contribution < -0.4 is 0 Å². The van der Waals surface area contributed by atoms with Crippen molar-refractivity contribution >= 4 is 5.91 Å². The number of aryl methyl sites for hydroxylation is 1. The van der Waals surface area contributed by atoms with Crippen molar-refractivity contribution in [2.75, 3.05) is 6.54 Å². The van der Waals surface area contributed by atoms with Crippen molar-refractivity contribution in [2.24, 2.45) is 0 Å². The van der Waals surface area contributed by atoms with E-state index in [0.717, 1.165) is 24.2 Å². The molecule has 0 saturated carbocycles. The van der Waals surface area contributed by atoms with Crippen LogP contribution in [0.4, 0.5) is 0 Å². The van der Waals surface area contributed by atoms with Crippen LogP contribution in [0.25, 0.3) is 0 Å². The van der Waals surface area contributed by atoms with Gasteiger partial charge in [0.25, 0.3) is 5.91 Å². The average Bonchev–Trinajstić information content (AvgIpc) is 3.20. The van der Waals surface area contributed by atoms with Crippen LogP contribution >= 0.6 is 0 Å². The van der Waals surface area contributed by atoms with Gasteiger partial charge in [-0.05, 0) is 51.8 Å². The molecule has 0 spiro atoms. The van der Waals surface area contributed by atoms with Crippen molar-refractivity contribution in [3.63, 3.8) is 0 Å². The Morgan fingerprint density at radius 2 is 2.20 bits per heavy atom. The molecule has 0 radical (unpaired) electrons. The summed E-state index contributed by atoms with van der Waals surface area (Å²) in [6.07, 6.45) is 1.76. The van der Waals surface area contributed by atoms with Gasteiger partial charge in [-0.3, -0.25) is 4.79 Å². The number of amides is 1. The van der Waals surface area contributed by atoms with Gasteiger partial charge < -0.3 is 10.0 Å². The Labute approximate surface area is 146 Å². The number of likely N-dealkylation sites (tertiary alicyclic amines) is 1. The lowest BCUT2D eigenvalue weighted by molar-refractivity contribution is 0.0730. The van der Waals surface area contributed by atoms with Gasteiger partial charge in [0, 0.05) is 17.7 Å². The maximum absolute atomic E-state index is 13.0. The van der Waals surface area contributed by atoms with Crippen molar-refractivity contribution in [2.45, 2.75) is 45.3 Å². The van der Waals surface area contributed by atoms with Crippen LogP contribution in [0.15, 0.2) is 28.9 Å². The summed E-state index contributed by atoms with van der Waals surface area (Å²) in [6.45, 7) is 5.76. The van der Waals surface area contributed by atoms with Crippen LogP contribution in [0, 0.1) is 18.8 Å². The molecule has 0 bridgehead atoms. The van der Waals surface area contributed by atoms with Gasteiger partial charge in [-0.25, -0.2) is 4.63 Å². The van der Waals surface area contributed by atoms with Gasteiger partial charge in [-0.2, -0.15) is 0 Å². The van der Waals surface area contributed by atoms with E-state index in [0.29, 0.717) is 17.7 Å². The summed E-state index contributed by atoms with van der Waals surface area (Å²) >= 11 is 0. The van der Waals surface area contributed by atoms with E-state index in [-0.39, 0.29) is 11.9 Å². The monoisotopic (exact) mass is 339 g/mol. The Balaban J connectivity index is 1.85. The summed E-state index contributed by atoms with van der Waals surface area (Å²) in [7, 11) is 0. The zero-order valence-electron chi connectivity index (χ0n) is 14.6. The summed E-state index contributed by atoms with van der Waals surface area (Å²) in [6, 6.07) is 7.05. The van der Waals surface area contributed by atoms with Crippen molar-refractivity contribution in [1.82, 2.24) is 15.2 Å². The third-order valence-electron chi connectivity index (χ3n) is 4.14. The van der Waals surface area contributed by atoms with E-state index < -0.39 is 5.60 Å². The minimum absolute atomic E-state index is 0.0585. The Bertz CT molecular complexity index is 839. The largest absolute Gasteiger partial charge is 0.378 e. The zero-order chi connectivity index (χ0) is 18.0. The lowest BCUT2D eigenvalue weighted by Gasteiger charge is -2.23. The number of hydrogen-bond acceptors (Lipinski definition) is 5. The van der Waals surface area contributed by atoms with Crippen LogP contribution in [-0.4, -0.2) is 38.4 Å². The van der Waals surface area contributed by atoms with Crippen molar-refractivity contribution in [3.8, 4) is 11.8 Å². The number of aliphatic hydroxyl groups is 1. The minimum atomic E-state index is -1.07. The molecule has 1 aliphatic rings. The van der Waals surface area contributed by atoms with Crippen molar-refractivity contribution in [3.05, 3.63) is 46.8 Å². The van der Waals surface area contributed by atoms with Crippen molar-refractivity contribution in [1.29, 1.82) is 0 Å². The number of aromatic nitrogens is 2. The maximum atomic E-state index is 13.0. The third kappa shape index (κ3) is 3.89. The first-order chi connectivity index (χ1) is 11.8. The normalized spacial score (nSPS) is 17.3. The van der Waals surface area contributed by atoms with E-state index >= 15 is 0 Å². The first-order valence-electron chi connectivity index (χ1n) is 8.31. The second-order valence-corrected chi connectivity index (χ2v) is 6.78. The van der Waals surface area contributed by atoms with Gasteiger partial charge in [0.2, 0.25) is 0 Å². The molecule has 25 heavy (non-hydrogen) atoms. The van der Waals surface area contributed by atoms with Gasteiger partial charge >= 0.3 is 0 Å². The third-order valence-corrected chi connectivity index (χ3v) is 4.14. The predicted octanol–water partition coefficient (Wildman–Crippen LogP) is 2.48. The molecule has 2 heterocycles. The Kier molecular flexibility index (Phi) is 4.60. The molecular formula is C19H21N3O3. The van der Waals surface area contributed by atoms with Crippen LogP contribution in [-0.2, 0) is 0 Å². The molecule has 3 rings (SSSR count). The standard InChI is InChI=1S/C19H21N3O3/c1-13-17(21-25-20-13)16-8-5-11-22(16)18(23)15-7-4-6-14(12-15)9-10-19(2,3)24/h4,6-7,12,16,24H,5,8,11H2,1-3H3/t16-/m0/s1. The topological polar surface area (TPSA) is 79.5 Å². The van der Waals surface area contributed by atoms with E-state index in [1.54, 1.807) is 32.0 Å². The Morgan fingerprint density at radius 3 is 2.88 bits per heavy atom. The van der Waals surface area contributed by atoms with Crippen LogP contribution in [0.3, 0.4) is 0 Å². The van der Waals surface area contributed by atoms with E-state index in [4.69, 9.17) is 4.63 Å². The first-order valence-corrected chi connectivity index (χ1v) is 8.31. The van der Waals surface area contributed by atoms with E-state index in [9.17, 15) is 9.90 Å². The SMILES string of the molecule is Cc1nonc1[C@@H]1CCCN1C(=O)c1cccc(C#CC(C)(C)O)c1. The van der Waals surface area contributed by atoms with Gasteiger partial charge in [0.05, 0.1) is 6.04 Å². The fourth-order valence-electron chi connectivity index (χ4n) is 2.96. The molecule has 1 aromatic heterocycles. The molecule has 1 fully saturated rings. The highest BCUT2D eigenvalue weighted by Gasteiger charge is 2.34. The minimum Gasteiger partial charge on any atom is -0.378 e. The molecule has 1 aromatic carbocycles. The highest BCUT2D eigenvalue weighted by molar-refractivity contribution is 5.95. The molecule has 6 heteroatoms. The molecule has 1 aliphatic heterocycles. The van der Waals surface area contributed by atoms with Crippen LogP contribution in [0.1, 0.15) is 60.0 Å². The smallest absolute Gasteiger partial charge is 0.254 e. The number of carbonyl (C=O) groups is 1. The van der Waals surface area contributed by atoms with Gasteiger partial charge in [-0.15, -0.1) is 0 Å². The summed E-state index contributed by atoms with van der Waals surface area (Å²) in [5.74, 6) is 5.61. The summed E-state index contributed by atoms with van der Waals surface area (Å²) in [5, 5.41) is 17.5. The molecule has 130 valence electrons. The number of benzene rings is 1. The lowest BCUT2D eigenvalue weighted by atomic mass is 10.1. The lowest BCUT2D eigenvalue weighted by Crippen LogP contribution is -2.31. The predicted molar refractivity (Wildman–Crippen MR) is 91.7 cm³/mol. The molecule has 1 N–H and O–H groups in total. The van der Waals surface area contributed by atoms with E-state index in [1.807, 2.05) is 17.9 Å². The van der Waals surface area contributed by atoms with E-state index in [2.05, 4.69) is 22.2 Å². The van der Waals surface area contributed by atoms with Crippen LogP contribution in [0.2, 0.25) is 0 Å². The molecule has 1 saturated heterocycles. The molecule has 0 aliphatic carbocycles. The number of nitrogens with zero attached hydrogens (tertiary/aromatic N) is 3. The Morgan fingerprint density at radius 1 is 1.40 bits per heavy atom. The van der Waals surface area contributed by atoms with Crippen molar-refractivity contribution < 1.29 is 14.5 Å². The molecule has 2 aromatic rings. The fourth-order valence-corrected chi connectivity index (χ4v) is 2.96. The second-order valence-electron chi connectivity index (χ2n) is 6.78.